The quantitative estimate of drug-likeness (QED) is 0.709. The molecule has 1 atom stereocenters. The summed E-state index contributed by atoms with van der Waals surface area (Å²) in [6.07, 6.45) is 9.45. The molecule has 3 nitrogen and oxygen atoms in total. The van der Waals surface area contributed by atoms with Crippen molar-refractivity contribution < 1.29 is 14.6 Å². The number of allylic oxidation sites excluding steroid dienone is 2. The van der Waals surface area contributed by atoms with E-state index in [2.05, 4.69) is 13.0 Å². The van der Waals surface area contributed by atoms with E-state index >= 15 is 0 Å². The predicted molar refractivity (Wildman–Crippen MR) is 73.4 cm³/mol. The molecule has 1 rings (SSSR count). The van der Waals surface area contributed by atoms with Gasteiger partial charge in [0.2, 0.25) is 0 Å². The summed E-state index contributed by atoms with van der Waals surface area (Å²) in [5, 5.41) is 8.75. The van der Waals surface area contributed by atoms with E-state index in [1.807, 2.05) is 13.0 Å². The maximum atomic E-state index is 8.75. The lowest BCUT2D eigenvalue weighted by Gasteiger charge is -2.22. The summed E-state index contributed by atoms with van der Waals surface area (Å²) in [5.41, 5.74) is 2.49. The van der Waals surface area contributed by atoms with Crippen LogP contribution in [0.1, 0.15) is 46.0 Å². The van der Waals surface area contributed by atoms with E-state index in [1.165, 1.54) is 17.6 Å². The second-order valence-corrected chi connectivity index (χ2v) is 4.93. The van der Waals surface area contributed by atoms with Crippen LogP contribution in [0.2, 0.25) is 0 Å². The first-order chi connectivity index (χ1) is 8.72. The Bertz CT molecular complexity index is 275. The van der Waals surface area contributed by atoms with Crippen LogP contribution in [0.4, 0.5) is 0 Å². The van der Waals surface area contributed by atoms with Gasteiger partial charge in [-0.25, -0.2) is 0 Å². The van der Waals surface area contributed by atoms with Crippen molar-refractivity contribution in [3.8, 4) is 0 Å². The number of hydrogen-bond acceptors (Lipinski definition) is 3. The summed E-state index contributed by atoms with van der Waals surface area (Å²) in [4.78, 5) is 0. The lowest BCUT2D eigenvalue weighted by Crippen LogP contribution is -2.22. The molecule has 18 heavy (non-hydrogen) atoms. The fraction of sp³-hybridized carbons (Fsp3) is 0.733. The number of rotatable bonds is 7. The second-order valence-electron chi connectivity index (χ2n) is 4.93. The second kappa shape index (κ2) is 9.31. The van der Waals surface area contributed by atoms with Crippen molar-refractivity contribution in [3.63, 3.8) is 0 Å². The minimum atomic E-state index is -0.00174. The number of hydrogen-bond donors (Lipinski definition) is 1. The molecule has 0 aromatic rings. The van der Waals surface area contributed by atoms with Crippen molar-refractivity contribution in [1.82, 2.24) is 0 Å². The Kier molecular flexibility index (Phi) is 7.98. The molecule has 0 amide bonds. The van der Waals surface area contributed by atoms with Gasteiger partial charge in [0.25, 0.3) is 0 Å². The highest BCUT2D eigenvalue weighted by molar-refractivity contribution is 5.03. The lowest BCUT2D eigenvalue weighted by molar-refractivity contribution is -0.156. The smallest absolute Gasteiger partial charge is 0.158 e. The zero-order valence-electron chi connectivity index (χ0n) is 11.7. The van der Waals surface area contributed by atoms with Crippen LogP contribution in [0.15, 0.2) is 23.3 Å². The molecule has 3 heteroatoms. The van der Waals surface area contributed by atoms with Crippen LogP contribution in [0.25, 0.3) is 0 Å². The minimum absolute atomic E-state index is 0.00174. The van der Waals surface area contributed by atoms with E-state index in [9.17, 15) is 0 Å². The van der Waals surface area contributed by atoms with Gasteiger partial charge in [-0.15, -0.1) is 0 Å². The van der Waals surface area contributed by atoms with Crippen LogP contribution in [0.3, 0.4) is 0 Å². The van der Waals surface area contributed by atoms with Gasteiger partial charge < -0.3 is 14.6 Å². The Morgan fingerprint density at radius 1 is 1.28 bits per heavy atom. The first kappa shape index (κ1) is 15.4. The maximum absolute atomic E-state index is 8.75. The van der Waals surface area contributed by atoms with Crippen LogP contribution in [-0.2, 0) is 9.47 Å². The van der Waals surface area contributed by atoms with E-state index in [4.69, 9.17) is 14.6 Å². The van der Waals surface area contributed by atoms with Crippen LogP contribution in [0, 0.1) is 0 Å². The molecule has 1 N–H and O–H groups in total. The van der Waals surface area contributed by atoms with Crippen LogP contribution in [0.5, 0.6) is 0 Å². The largest absolute Gasteiger partial charge is 0.392 e. The molecule has 1 aliphatic rings. The van der Waals surface area contributed by atoms with Crippen LogP contribution >= 0.6 is 0 Å². The van der Waals surface area contributed by atoms with Crippen molar-refractivity contribution in [1.29, 1.82) is 0 Å². The normalized spacial score (nSPS) is 22.3. The maximum Gasteiger partial charge on any atom is 0.158 e. The fourth-order valence-electron chi connectivity index (χ4n) is 1.93. The summed E-state index contributed by atoms with van der Waals surface area (Å²) >= 11 is 0. The van der Waals surface area contributed by atoms with E-state index in [0.717, 1.165) is 32.3 Å². The summed E-state index contributed by atoms with van der Waals surface area (Å²) in [6.45, 7) is 5.77. The van der Waals surface area contributed by atoms with Crippen molar-refractivity contribution in [3.05, 3.63) is 23.3 Å². The molecule has 0 radical (unpaired) electrons. The number of ether oxygens (including phenoxy) is 2. The van der Waals surface area contributed by atoms with Gasteiger partial charge in [-0.1, -0.05) is 23.3 Å². The van der Waals surface area contributed by atoms with E-state index in [-0.39, 0.29) is 12.9 Å². The van der Waals surface area contributed by atoms with Crippen molar-refractivity contribution >= 4 is 0 Å². The van der Waals surface area contributed by atoms with Gasteiger partial charge in [0, 0.05) is 6.61 Å². The minimum Gasteiger partial charge on any atom is -0.392 e. The monoisotopic (exact) mass is 254 g/mol. The summed E-state index contributed by atoms with van der Waals surface area (Å²) in [6, 6.07) is 0. The third kappa shape index (κ3) is 6.94. The Labute approximate surface area is 110 Å². The van der Waals surface area contributed by atoms with Gasteiger partial charge in [-0.2, -0.15) is 0 Å². The average molecular weight is 254 g/mol. The third-order valence-corrected chi connectivity index (χ3v) is 3.11. The Morgan fingerprint density at radius 2 is 2.11 bits per heavy atom. The molecular formula is C15H26O3. The summed E-state index contributed by atoms with van der Waals surface area (Å²) in [7, 11) is 0. The molecule has 104 valence electrons. The molecule has 1 saturated heterocycles. The molecular weight excluding hydrogens is 228 g/mol. The van der Waals surface area contributed by atoms with Crippen molar-refractivity contribution in [2.45, 2.75) is 52.2 Å². The van der Waals surface area contributed by atoms with Gasteiger partial charge in [-0.3, -0.25) is 0 Å². The third-order valence-electron chi connectivity index (χ3n) is 3.11. The summed E-state index contributed by atoms with van der Waals surface area (Å²) < 4.78 is 11.2. The molecule has 0 spiro atoms. The fourth-order valence-corrected chi connectivity index (χ4v) is 1.93. The Balaban J connectivity index is 2.14. The first-order valence-corrected chi connectivity index (χ1v) is 6.87. The van der Waals surface area contributed by atoms with E-state index in [1.54, 1.807) is 0 Å². The highest BCUT2D eigenvalue weighted by Crippen LogP contribution is 2.15. The van der Waals surface area contributed by atoms with Gasteiger partial charge in [0.15, 0.2) is 6.29 Å². The molecule has 0 bridgehead atoms. The molecule has 0 saturated carbocycles. The Morgan fingerprint density at radius 3 is 2.78 bits per heavy atom. The Hall–Kier alpha value is -0.640. The molecule has 1 unspecified atom stereocenters. The average Bonchev–Trinajstić information content (AvgIpc) is 2.38. The van der Waals surface area contributed by atoms with Crippen LogP contribution in [-0.4, -0.2) is 31.2 Å². The van der Waals surface area contributed by atoms with Gasteiger partial charge in [0.1, 0.15) is 0 Å². The topological polar surface area (TPSA) is 38.7 Å². The number of aliphatic hydroxyl groups excluding tert-OH is 1. The molecule has 1 fully saturated rings. The highest BCUT2D eigenvalue weighted by Gasteiger charge is 2.13. The lowest BCUT2D eigenvalue weighted by atomic mass is 10.1. The zero-order valence-corrected chi connectivity index (χ0v) is 11.7. The molecule has 0 aromatic carbocycles. The molecule has 0 aromatic heterocycles. The SMILES string of the molecule is CC(=CCO)CCC=C(C)COC1CCCCO1. The van der Waals surface area contributed by atoms with Crippen LogP contribution < -0.4 is 0 Å². The van der Waals surface area contributed by atoms with Gasteiger partial charge in [-0.05, 0) is 46.0 Å². The molecule has 0 aliphatic carbocycles. The van der Waals surface area contributed by atoms with Gasteiger partial charge >= 0.3 is 0 Å². The number of aliphatic hydroxyl groups is 1. The van der Waals surface area contributed by atoms with Crippen molar-refractivity contribution in [2.75, 3.05) is 19.8 Å². The first-order valence-electron chi connectivity index (χ1n) is 6.87. The predicted octanol–water partition coefficient (Wildman–Crippen LogP) is 3.19. The molecule has 1 heterocycles. The van der Waals surface area contributed by atoms with E-state index < -0.39 is 0 Å². The van der Waals surface area contributed by atoms with Crippen molar-refractivity contribution in [2.24, 2.45) is 0 Å². The van der Waals surface area contributed by atoms with Gasteiger partial charge in [0.05, 0.1) is 13.2 Å². The molecule has 1 aliphatic heterocycles. The highest BCUT2D eigenvalue weighted by atomic mass is 16.7. The summed E-state index contributed by atoms with van der Waals surface area (Å²) in [5.74, 6) is 0. The van der Waals surface area contributed by atoms with E-state index in [0.29, 0.717) is 6.61 Å². The zero-order chi connectivity index (χ0) is 13.2. The standard InChI is InChI=1S/C15H26O3/c1-13(9-10-16)6-5-7-14(2)12-18-15-8-3-4-11-17-15/h7,9,15-16H,3-6,8,10-12H2,1-2H3.